The third-order valence-corrected chi connectivity index (χ3v) is 4.32. The van der Waals surface area contributed by atoms with Crippen LogP contribution in [0.15, 0.2) is 73.1 Å². The van der Waals surface area contributed by atoms with Gasteiger partial charge in [0.25, 0.3) is 0 Å². The van der Waals surface area contributed by atoms with Crippen LogP contribution in [-0.4, -0.2) is 31.1 Å². The number of rotatable bonds is 4. The number of hydrogen-bond donors (Lipinski definition) is 1. The molecule has 6 nitrogen and oxygen atoms in total. The largest absolute Gasteiger partial charge is 0.478 e. The van der Waals surface area contributed by atoms with Crippen molar-refractivity contribution in [2.45, 2.75) is 6.92 Å². The van der Waals surface area contributed by atoms with Crippen LogP contribution in [0.5, 0.6) is 0 Å². The molecule has 0 atom stereocenters. The summed E-state index contributed by atoms with van der Waals surface area (Å²) in [6.45, 7) is 2.01. The summed E-state index contributed by atoms with van der Waals surface area (Å²) in [5, 5.41) is 17.4. The van der Waals surface area contributed by atoms with Gasteiger partial charge in [0.1, 0.15) is 5.69 Å². The van der Waals surface area contributed by atoms with Gasteiger partial charge in [-0.05, 0) is 30.7 Å². The van der Waals surface area contributed by atoms with Crippen molar-refractivity contribution < 1.29 is 9.90 Å². The number of aryl methyl sites for hydroxylation is 1. The van der Waals surface area contributed by atoms with Gasteiger partial charge in [-0.25, -0.2) is 9.48 Å². The van der Waals surface area contributed by atoms with Crippen LogP contribution in [0.25, 0.3) is 28.2 Å². The molecule has 132 valence electrons. The van der Waals surface area contributed by atoms with Crippen molar-refractivity contribution in [2.75, 3.05) is 0 Å². The first-order valence-corrected chi connectivity index (χ1v) is 8.40. The molecule has 0 saturated heterocycles. The second kappa shape index (κ2) is 6.84. The van der Waals surface area contributed by atoms with Gasteiger partial charge in [-0.15, -0.1) is 5.10 Å². The first kappa shape index (κ1) is 16.7. The van der Waals surface area contributed by atoms with Crippen LogP contribution in [0.4, 0.5) is 0 Å². The summed E-state index contributed by atoms with van der Waals surface area (Å²) in [6, 6.07) is 18.6. The highest BCUT2D eigenvalue weighted by Gasteiger charge is 2.10. The molecule has 0 bridgehead atoms. The Bertz CT molecular complexity index is 1100. The molecular weight excluding hydrogens is 340 g/mol. The van der Waals surface area contributed by atoms with Gasteiger partial charge in [0.2, 0.25) is 0 Å². The summed E-state index contributed by atoms with van der Waals surface area (Å²) >= 11 is 0. The van der Waals surface area contributed by atoms with Crippen molar-refractivity contribution in [3.63, 3.8) is 0 Å². The number of carboxylic acids is 1. The highest BCUT2D eigenvalue weighted by molar-refractivity contribution is 5.88. The second-order valence-electron chi connectivity index (χ2n) is 6.15. The summed E-state index contributed by atoms with van der Waals surface area (Å²) in [5.74, 6) is -0.953. The van der Waals surface area contributed by atoms with Gasteiger partial charge in [-0.1, -0.05) is 47.7 Å². The molecule has 0 amide bonds. The molecule has 0 aliphatic carbocycles. The van der Waals surface area contributed by atoms with Gasteiger partial charge in [-0.3, -0.25) is 4.98 Å². The zero-order valence-electron chi connectivity index (χ0n) is 14.6. The Labute approximate surface area is 155 Å². The predicted octanol–water partition coefficient (Wildman–Crippen LogP) is 4.00. The molecule has 0 aliphatic heterocycles. The molecule has 0 spiro atoms. The quantitative estimate of drug-likeness (QED) is 0.598. The van der Waals surface area contributed by atoms with E-state index in [0.29, 0.717) is 5.69 Å². The van der Waals surface area contributed by atoms with Crippen molar-refractivity contribution in [3.8, 4) is 28.2 Å². The second-order valence-corrected chi connectivity index (χ2v) is 6.15. The summed E-state index contributed by atoms with van der Waals surface area (Å²) in [5.41, 5.74) is 5.54. The van der Waals surface area contributed by atoms with E-state index in [1.165, 1.54) is 0 Å². The number of aromatic carboxylic acids is 1. The van der Waals surface area contributed by atoms with Crippen molar-refractivity contribution in [2.24, 2.45) is 0 Å². The maximum absolute atomic E-state index is 11.0. The van der Waals surface area contributed by atoms with E-state index >= 15 is 0 Å². The third-order valence-electron chi connectivity index (χ3n) is 4.32. The van der Waals surface area contributed by atoms with E-state index in [-0.39, 0.29) is 5.56 Å². The number of benzene rings is 2. The van der Waals surface area contributed by atoms with Crippen molar-refractivity contribution >= 4 is 5.97 Å². The monoisotopic (exact) mass is 356 g/mol. The average Bonchev–Trinajstić information content (AvgIpc) is 3.18. The van der Waals surface area contributed by atoms with Crippen LogP contribution in [-0.2, 0) is 0 Å². The minimum Gasteiger partial charge on any atom is -0.478 e. The highest BCUT2D eigenvalue weighted by atomic mass is 16.4. The van der Waals surface area contributed by atoms with Gasteiger partial charge in [0.05, 0.1) is 29.3 Å². The van der Waals surface area contributed by atoms with Crippen molar-refractivity contribution in [3.05, 3.63) is 84.2 Å². The molecule has 1 N–H and O–H groups in total. The molecule has 4 rings (SSSR count). The fraction of sp³-hybridized carbons (Fsp3) is 0.0476. The van der Waals surface area contributed by atoms with E-state index in [1.807, 2.05) is 49.5 Å². The smallest absolute Gasteiger partial charge is 0.335 e. The topological polar surface area (TPSA) is 80.9 Å². The maximum Gasteiger partial charge on any atom is 0.335 e. The van der Waals surface area contributed by atoms with Crippen molar-refractivity contribution in [1.29, 1.82) is 0 Å². The molecule has 4 aromatic rings. The first-order chi connectivity index (χ1) is 13.1. The lowest BCUT2D eigenvalue weighted by Crippen LogP contribution is -1.99. The Balaban J connectivity index is 1.64. The van der Waals surface area contributed by atoms with E-state index in [4.69, 9.17) is 5.11 Å². The molecule has 2 aromatic heterocycles. The predicted molar refractivity (Wildman–Crippen MR) is 102 cm³/mol. The average molecular weight is 356 g/mol. The van der Waals surface area contributed by atoms with E-state index in [9.17, 15) is 4.79 Å². The lowest BCUT2D eigenvalue weighted by Gasteiger charge is -2.07. The molecule has 0 unspecified atom stereocenters. The normalized spacial score (nSPS) is 10.7. The SMILES string of the molecule is Cc1cc(-c2ccccc2)ncc1-n1cc(-c2ccc(C(=O)O)cc2)nn1. The standard InChI is InChI=1S/C21H16N4O2/c1-14-11-18(15-5-3-2-4-6-15)22-12-20(14)25-13-19(23-24-25)16-7-9-17(10-8-16)21(26)27/h2-13H,1H3,(H,26,27). The molecule has 0 saturated carbocycles. The molecule has 0 fully saturated rings. The number of pyridine rings is 1. The fourth-order valence-electron chi connectivity index (χ4n) is 2.85. The van der Waals surface area contributed by atoms with E-state index in [0.717, 1.165) is 28.1 Å². The van der Waals surface area contributed by atoms with Crippen LogP contribution in [0.1, 0.15) is 15.9 Å². The van der Waals surface area contributed by atoms with Crippen LogP contribution in [0, 0.1) is 6.92 Å². The summed E-state index contributed by atoms with van der Waals surface area (Å²) in [6.07, 6.45) is 3.59. The van der Waals surface area contributed by atoms with Gasteiger partial charge >= 0.3 is 5.97 Å². The number of carbonyl (C=O) groups is 1. The van der Waals surface area contributed by atoms with E-state index < -0.39 is 5.97 Å². The maximum atomic E-state index is 11.0. The van der Waals surface area contributed by atoms with Crippen LogP contribution >= 0.6 is 0 Å². The zero-order valence-corrected chi connectivity index (χ0v) is 14.6. The number of carboxylic acid groups (broad SMARTS) is 1. The van der Waals surface area contributed by atoms with Crippen molar-refractivity contribution in [1.82, 2.24) is 20.0 Å². The zero-order chi connectivity index (χ0) is 18.8. The van der Waals surface area contributed by atoms with Gasteiger partial charge < -0.3 is 5.11 Å². The van der Waals surface area contributed by atoms with Gasteiger partial charge in [-0.2, -0.15) is 0 Å². The molecule has 27 heavy (non-hydrogen) atoms. The van der Waals surface area contributed by atoms with Gasteiger partial charge in [0, 0.05) is 11.1 Å². The van der Waals surface area contributed by atoms with Crippen LogP contribution < -0.4 is 0 Å². The Kier molecular flexibility index (Phi) is 4.22. The molecule has 6 heteroatoms. The van der Waals surface area contributed by atoms with Gasteiger partial charge in [0.15, 0.2) is 0 Å². The van der Waals surface area contributed by atoms with E-state index in [2.05, 4.69) is 15.3 Å². The summed E-state index contributed by atoms with van der Waals surface area (Å²) < 4.78 is 1.68. The van der Waals surface area contributed by atoms with Crippen LogP contribution in [0.3, 0.4) is 0 Å². The summed E-state index contributed by atoms with van der Waals surface area (Å²) in [4.78, 5) is 15.5. The molecular formula is C21H16N4O2. The lowest BCUT2D eigenvalue weighted by molar-refractivity contribution is 0.0697. The summed E-state index contributed by atoms with van der Waals surface area (Å²) in [7, 11) is 0. The Morgan fingerprint density at radius 3 is 2.33 bits per heavy atom. The molecule has 0 radical (unpaired) electrons. The fourth-order valence-corrected chi connectivity index (χ4v) is 2.85. The third kappa shape index (κ3) is 3.32. The Hall–Kier alpha value is -3.80. The molecule has 2 heterocycles. The highest BCUT2D eigenvalue weighted by Crippen LogP contribution is 2.23. The number of nitrogens with zero attached hydrogens (tertiary/aromatic N) is 4. The lowest BCUT2D eigenvalue weighted by atomic mass is 10.1. The first-order valence-electron chi connectivity index (χ1n) is 8.40. The Morgan fingerprint density at radius 2 is 1.67 bits per heavy atom. The number of hydrogen-bond acceptors (Lipinski definition) is 4. The number of aromatic nitrogens is 4. The molecule has 0 aliphatic rings. The van der Waals surface area contributed by atoms with Crippen LogP contribution in [0.2, 0.25) is 0 Å². The molecule has 2 aromatic carbocycles. The Morgan fingerprint density at radius 1 is 0.963 bits per heavy atom. The minimum absolute atomic E-state index is 0.239. The minimum atomic E-state index is -0.953. The van der Waals surface area contributed by atoms with E-state index in [1.54, 1.807) is 35.1 Å².